The molecule has 1 aliphatic rings. The molecule has 118 valence electrons. The third kappa shape index (κ3) is 3.18. The average molecular weight is 303 g/mol. The van der Waals surface area contributed by atoms with E-state index in [1.807, 2.05) is 0 Å². The van der Waals surface area contributed by atoms with Crippen molar-refractivity contribution < 1.29 is 19.5 Å². The van der Waals surface area contributed by atoms with E-state index in [0.29, 0.717) is 29.9 Å². The first kappa shape index (κ1) is 16.2. The highest BCUT2D eigenvalue weighted by molar-refractivity contribution is 6.22. The van der Waals surface area contributed by atoms with E-state index >= 15 is 0 Å². The lowest BCUT2D eigenvalue weighted by atomic mass is 10.0. The number of carbonyl (C=O) groups is 3. The van der Waals surface area contributed by atoms with E-state index < -0.39 is 23.8 Å². The van der Waals surface area contributed by atoms with Gasteiger partial charge in [0, 0.05) is 0 Å². The van der Waals surface area contributed by atoms with Crippen LogP contribution in [0.4, 0.5) is 0 Å². The van der Waals surface area contributed by atoms with E-state index in [-0.39, 0.29) is 0 Å². The Balaban J connectivity index is 2.12. The van der Waals surface area contributed by atoms with Crippen LogP contribution in [0.5, 0.6) is 0 Å². The molecule has 1 N–H and O–H groups in total. The number of carboxylic acid groups (broad SMARTS) is 1. The van der Waals surface area contributed by atoms with Crippen LogP contribution < -0.4 is 0 Å². The molecule has 2 amide bonds. The topological polar surface area (TPSA) is 74.7 Å². The molecule has 1 heterocycles. The number of nitrogens with zero attached hydrogens (tertiary/aromatic N) is 1. The van der Waals surface area contributed by atoms with Gasteiger partial charge in [-0.15, -0.1) is 0 Å². The maximum absolute atomic E-state index is 12.3. The van der Waals surface area contributed by atoms with Gasteiger partial charge < -0.3 is 5.11 Å². The zero-order valence-corrected chi connectivity index (χ0v) is 12.9. The van der Waals surface area contributed by atoms with E-state index in [1.165, 1.54) is 0 Å². The summed E-state index contributed by atoms with van der Waals surface area (Å²) in [6, 6.07) is 5.39. The van der Waals surface area contributed by atoms with E-state index in [4.69, 9.17) is 0 Å². The molecule has 1 aliphatic heterocycles. The van der Waals surface area contributed by atoms with Crippen molar-refractivity contribution in [3.63, 3.8) is 0 Å². The van der Waals surface area contributed by atoms with Crippen molar-refractivity contribution >= 4 is 17.8 Å². The highest BCUT2D eigenvalue weighted by Crippen LogP contribution is 2.26. The van der Waals surface area contributed by atoms with E-state index in [0.717, 1.165) is 17.7 Å². The van der Waals surface area contributed by atoms with Crippen molar-refractivity contribution in [2.24, 2.45) is 5.92 Å². The monoisotopic (exact) mass is 303 g/mol. The van der Waals surface area contributed by atoms with E-state index in [2.05, 4.69) is 13.8 Å². The van der Waals surface area contributed by atoms with Crippen LogP contribution >= 0.6 is 0 Å². The van der Waals surface area contributed by atoms with Crippen LogP contribution in [0.2, 0.25) is 0 Å². The minimum atomic E-state index is -1.13. The van der Waals surface area contributed by atoms with Crippen LogP contribution in [-0.2, 0) is 4.79 Å². The molecule has 0 bridgehead atoms. The number of benzene rings is 1. The first-order chi connectivity index (χ1) is 10.4. The quantitative estimate of drug-likeness (QED) is 0.621. The molecule has 2 rings (SSSR count). The lowest BCUT2D eigenvalue weighted by Crippen LogP contribution is -2.44. The SMILES string of the molecule is CC(C)CCCCC(C(=O)O)N1C(=O)c2ccccc2C1=O. The maximum atomic E-state index is 12.3. The summed E-state index contributed by atoms with van der Waals surface area (Å²) in [4.78, 5) is 37.1. The van der Waals surface area contributed by atoms with Gasteiger partial charge >= 0.3 is 5.97 Å². The van der Waals surface area contributed by atoms with Crippen molar-refractivity contribution in [2.45, 2.75) is 45.6 Å². The molecule has 0 radical (unpaired) electrons. The second-order valence-corrected chi connectivity index (χ2v) is 6.06. The Hall–Kier alpha value is -2.17. The van der Waals surface area contributed by atoms with Crippen molar-refractivity contribution in [1.82, 2.24) is 4.90 Å². The van der Waals surface area contributed by atoms with Crippen LogP contribution in [0.15, 0.2) is 24.3 Å². The number of amides is 2. The number of carboxylic acids is 1. The molecule has 0 saturated heterocycles. The lowest BCUT2D eigenvalue weighted by molar-refractivity contribution is -0.141. The Morgan fingerprint density at radius 1 is 1.05 bits per heavy atom. The summed E-state index contributed by atoms with van der Waals surface area (Å²) in [6.45, 7) is 4.22. The molecule has 1 aromatic carbocycles. The van der Waals surface area contributed by atoms with Crippen LogP contribution in [0.3, 0.4) is 0 Å². The summed E-state index contributed by atoms with van der Waals surface area (Å²) in [5, 5.41) is 9.41. The number of hydrogen-bond acceptors (Lipinski definition) is 3. The van der Waals surface area contributed by atoms with Crippen molar-refractivity contribution in [2.75, 3.05) is 0 Å². The predicted octanol–water partition coefficient (Wildman–Crippen LogP) is 2.95. The molecule has 0 aliphatic carbocycles. The number of imide groups is 1. The third-order valence-electron chi connectivity index (χ3n) is 3.93. The molecule has 5 nitrogen and oxygen atoms in total. The Kier molecular flexibility index (Phi) is 4.96. The molecule has 0 aromatic heterocycles. The van der Waals surface area contributed by atoms with Gasteiger partial charge in [0.15, 0.2) is 0 Å². The van der Waals surface area contributed by atoms with Gasteiger partial charge in [-0.25, -0.2) is 4.79 Å². The summed E-state index contributed by atoms with van der Waals surface area (Å²) in [5.74, 6) is -1.57. The normalized spacial score (nSPS) is 15.3. The average Bonchev–Trinajstić information content (AvgIpc) is 2.72. The Morgan fingerprint density at radius 3 is 2.00 bits per heavy atom. The van der Waals surface area contributed by atoms with Gasteiger partial charge in [-0.1, -0.05) is 45.2 Å². The van der Waals surface area contributed by atoms with E-state index in [1.54, 1.807) is 24.3 Å². The number of aliphatic carboxylic acids is 1. The molecule has 0 saturated carbocycles. The predicted molar refractivity (Wildman–Crippen MR) is 81.7 cm³/mol. The molecular weight excluding hydrogens is 282 g/mol. The summed E-state index contributed by atoms with van der Waals surface area (Å²) in [6.07, 6.45) is 2.88. The fourth-order valence-electron chi connectivity index (χ4n) is 2.74. The van der Waals surface area contributed by atoms with Gasteiger partial charge in [0.05, 0.1) is 11.1 Å². The summed E-state index contributed by atoms with van der Waals surface area (Å²) < 4.78 is 0. The number of fused-ring (bicyclic) bond motifs is 1. The Bertz CT molecular complexity index is 559. The van der Waals surface area contributed by atoms with Gasteiger partial charge in [-0.05, 0) is 24.5 Å². The maximum Gasteiger partial charge on any atom is 0.326 e. The lowest BCUT2D eigenvalue weighted by Gasteiger charge is -2.22. The van der Waals surface area contributed by atoms with Gasteiger partial charge in [-0.3, -0.25) is 14.5 Å². The van der Waals surface area contributed by atoms with Crippen LogP contribution in [-0.4, -0.2) is 33.8 Å². The Morgan fingerprint density at radius 2 is 1.55 bits per heavy atom. The van der Waals surface area contributed by atoms with Crippen LogP contribution in [0, 0.1) is 5.92 Å². The number of unbranched alkanes of at least 4 members (excludes halogenated alkanes) is 1. The summed E-state index contributed by atoms with van der Waals surface area (Å²) in [5.41, 5.74) is 0.585. The zero-order valence-electron chi connectivity index (χ0n) is 12.9. The molecule has 1 unspecified atom stereocenters. The summed E-state index contributed by atoms with van der Waals surface area (Å²) >= 11 is 0. The fourth-order valence-corrected chi connectivity index (χ4v) is 2.74. The Labute approximate surface area is 129 Å². The molecule has 1 aromatic rings. The zero-order chi connectivity index (χ0) is 16.3. The minimum absolute atomic E-state index is 0.293. The second kappa shape index (κ2) is 6.73. The van der Waals surface area contributed by atoms with Gasteiger partial charge in [0.25, 0.3) is 11.8 Å². The first-order valence-corrected chi connectivity index (χ1v) is 7.63. The van der Waals surface area contributed by atoms with Gasteiger partial charge in [-0.2, -0.15) is 0 Å². The van der Waals surface area contributed by atoms with Gasteiger partial charge in [0.2, 0.25) is 0 Å². The van der Waals surface area contributed by atoms with Crippen molar-refractivity contribution in [3.8, 4) is 0 Å². The number of carbonyl (C=O) groups excluding carboxylic acids is 2. The second-order valence-electron chi connectivity index (χ2n) is 6.06. The molecule has 0 fully saturated rings. The van der Waals surface area contributed by atoms with Crippen LogP contribution in [0.1, 0.15) is 60.2 Å². The smallest absolute Gasteiger partial charge is 0.326 e. The standard InChI is InChI=1S/C17H21NO4/c1-11(2)7-3-6-10-14(17(21)22)18-15(19)12-8-4-5-9-13(12)16(18)20/h4-5,8-9,11,14H,3,6-7,10H2,1-2H3,(H,21,22). The van der Waals surface area contributed by atoms with Gasteiger partial charge in [0.1, 0.15) is 6.04 Å². The largest absolute Gasteiger partial charge is 0.480 e. The molecule has 0 spiro atoms. The summed E-state index contributed by atoms with van der Waals surface area (Å²) in [7, 11) is 0. The van der Waals surface area contributed by atoms with Crippen molar-refractivity contribution in [3.05, 3.63) is 35.4 Å². The number of hydrogen-bond donors (Lipinski definition) is 1. The highest BCUT2D eigenvalue weighted by Gasteiger charge is 2.42. The minimum Gasteiger partial charge on any atom is -0.480 e. The van der Waals surface area contributed by atoms with E-state index in [9.17, 15) is 19.5 Å². The fraction of sp³-hybridized carbons (Fsp3) is 0.471. The highest BCUT2D eigenvalue weighted by atomic mass is 16.4. The first-order valence-electron chi connectivity index (χ1n) is 7.63. The van der Waals surface area contributed by atoms with Crippen molar-refractivity contribution in [1.29, 1.82) is 0 Å². The third-order valence-corrected chi connectivity index (χ3v) is 3.93. The molecule has 1 atom stereocenters. The number of rotatable bonds is 7. The molecule has 22 heavy (non-hydrogen) atoms. The van der Waals surface area contributed by atoms with Crippen LogP contribution in [0.25, 0.3) is 0 Å². The molecular formula is C17H21NO4. The molecule has 5 heteroatoms.